The number of hydrogen-bond acceptors (Lipinski definition) is 4. The van der Waals surface area contributed by atoms with Crippen molar-refractivity contribution < 1.29 is 13.2 Å². The second-order valence-corrected chi connectivity index (χ2v) is 8.09. The van der Waals surface area contributed by atoms with E-state index in [4.69, 9.17) is 4.74 Å². The number of aryl methyl sites for hydroxylation is 1. The lowest BCUT2D eigenvalue weighted by molar-refractivity contribution is 0.397. The Bertz CT molecular complexity index is 809. The number of rotatable bonds is 4. The predicted molar refractivity (Wildman–Crippen MR) is 91.5 cm³/mol. The zero-order chi connectivity index (χ0) is 17.3. The minimum atomic E-state index is -3.67. The largest absolute Gasteiger partial charge is 0.496 e. The first kappa shape index (κ1) is 17.3. The number of pyridine rings is 1. The molecule has 0 amide bonds. The van der Waals surface area contributed by atoms with Crippen LogP contribution < -0.4 is 9.46 Å². The summed E-state index contributed by atoms with van der Waals surface area (Å²) in [7, 11) is -2.09. The van der Waals surface area contributed by atoms with Crippen molar-refractivity contribution >= 4 is 15.7 Å². The highest BCUT2D eigenvalue weighted by molar-refractivity contribution is 7.92. The Labute approximate surface area is 137 Å². The van der Waals surface area contributed by atoms with Gasteiger partial charge in [0, 0.05) is 17.5 Å². The molecule has 6 heteroatoms. The van der Waals surface area contributed by atoms with Gasteiger partial charge in [-0.3, -0.25) is 9.71 Å². The van der Waals surface area contributed by atoms with Crippen LogP contribution in [0.4, 0.5) is 5.69 Å². The molecule has 23 heavy (non-hydrogen) atoms. The van der Waals surface area contributed by atoms with Crippen LogP contribution in [0.3, 0.4) is 0 Å². The number of nitrogens with zero attached hydrogens (tertiary/aromatic N) is 1. The predicted octanol–water partition coefficient (Wildman–Crippen LogP) is 3.50. The maximum atomic E-state index is 12.6. The summed E-state index contributed by atoms with van der Waals surface area (Å²) in [5, 5.41) is 0. The third-order valence-corrected chi connectivity index (χ3v) is 4.82. The molecule has 0 radical (unpaired) electrons. The van der Waals surface area contributed by atoms with Gasteiger partial charge in [-0.25, -0.2) is 8.42 Å². The zero-order valence-electron chi connectivity index (χ0n) is 14.0. The van der Waals surface area contributed by atoms with Crippen LogP contribution in [0.5, 0.6) is 5.75 Å². The number of benzene rings is 1. The standard InChI is InChI=1S/C17H22N2O3S/c1-12-10-13(8-9-18-12)19-23(20,21)14-6-7-16(22-5)15(11-14)17(2,3)4/h6-11H,1-5H3,(H,18,19). The molecule has 0 spiro atoms. The van der Waals surface area contributed by atoms with Crippen molar-refractivity contribution in [2.24, 2.45) is 0 Å². The summed E-state index contributed by atoms with van der Waals surface area (Å²) in [6, 6.07) is 8.21. The summed E-state index contributed by atoms with van der Waals surface area (Å²) < 4.78 is 33.2. The zero-order valence-corrected chi connectivity index (χ0v) is 14.9. The summed E-state index contributed by atoms with van der Waals surface area (Å²) >= 11 is 0. The van der Waals surface area contributed by atoms with Crippen molar-refractivity contribution in [3.8, 4) is 5.75 Å². The third-order valence-electron chi connectivity index (χ3n) is 3.44. The molecule has 1 aromatic heterocycles. The van der Waals surface area contributed by atoms with E-state index < -0.39 is 10.0 Å². The van der Waals surface area contributed by atoms with Crippen LogP contribution in [0, 0.1) is 6.92 Å². The van der Waals surface area contributed by atoms with E-state index in [1.54, 1.807) is 43.6 Å². The lowest BCUT2D eigenvalue weighted by atomic mass is 9.86. The Morgan fingerprint density at radius 3 is 2.39 bits per heavy atom. The van der Waals surface area contributed by atoms with Gasteiger partial charge in [0.25, 0.3) is 10.0 Å². The first-order valence-corrected chi connectivity index (χ1v) is 8.76. The van der Waals surface area contributed by atoms with Crippen LogP contribution in [0.15, 0.2) is 41.4 Å². The first-order chi connectivity index (χ1) is 10.6. The number of methoxy groups -OCH3 is 1. The monoisotopic (exact) mass is 334 g/mol. The Morgan fingerprint density at radius 2 is 1.83 bits per heavy atom. The fraction of sp³-hybridized carbons (Fsp3) is 0.353. The summed E-state index contributed by atoms with van der Waals surface area (Å²) in [6.45, 7) is 7.85. The van der Waals surface area contributed by atoms with Crippen LogP contribution in [-0.4, -0.2) is 20.5 Å². The maximum Gasteiger partial charge on any atom is 0.261 e. The minimum absolute atomic E-state index is 0.206. The van der Waals surface area contributed by atoms with Crippen LogP contribution in [-0.2, 0) is 15.4 Å². The van der Waals surface area contributed by atoms with Gasteiger partial charge in [0.05, 0.1) is 17.7 Å². The highest BCUT2D eigenvalue weighted by Crippen LogP contribution is 2.33. The van der Waals surface area contributed by atoms with Gasteiger partial charge in [0.1, 0.15) is 5.75 Å². The Hall–Kier alpha value is -2.08. The molecule has 0 unspecified atom stereocenters. The molecular weight excluding hydrogens is 312 g/mol. The molecule has 5 nitrogen and oxygen atoms in total. The molecule has 0 atom stereocenters. The molecule has 1 heterocycles. The molecule has 0 aliphatic heterocycles. The van der Waals surface area contributed by atoms with E-state index >= 15 is 0 Å². The van der Waals surface area contributed by atoms with E-state index in [1.807, 2.05) is 27.7 Å². The summed E-state index contributed by atoms with van der Waals surface area (Å²) in [5.41, 5.74) is 1.85. The molecule has 0 saturated heterocycles. The maximum absolute atomic E-state index is 12.6. The van der Waals surface area contributed by atoms with Crippen molar-refractivity contribution in [1.29, 1.82) is 0 Å². The lowest BCUT2D eigenvalue weighted by Gasteiger charge is -2.23. The summed E-state index contributed by atoms with van der Waals surface area (Å²) in [4.78, 5) is 4.27. The molecule has 0 aliphatic rings. The highest BCUT2D eigenvalue weighted by atomic mass is 32.2. The summed E-state index contributed by atoms with van der Waals surface area (Å²) in [6.07, 6.45) is 1.57. The van der Waals surface area contributed by atoms with Gasteiger partial charge < -0.3 is 4.74 Å². The normalized spacial score (nSPS) is 12.0. The SMILES string of the molecule is COc1ccc(S(=O)(=O)Nc2ccnc(C)c2)cc1C(C)(C)C. The van der Waals surface area contributed by atoms with Crippen LogP contribution in [0.25, 0.3) is 0 Å². The Balaban J connectivity index is 2.44. The van der Waals surface area contributed by atoms with Crippen molar-refractivity contribution in [2.45, 2.75) is 38.0 Å². The van der Waals surface area contributed by atoms with E-state index in [0.717, 1.165) is 11.3 Å². The average molecular weight is 334 g/mol. The second kappa shape index (κ2) is 6.20. The molecule has 1 N–H and O–H groups in total. The van der Waals surface area contributed by atoms with Gasteiger partial charge in [-0.2, -0.15) is 0 Å². The number of hydrogen-bond donors (Lipinski definition) is 1. The van der Waals surface area contributed by atoms with Gasteiger partial charge in [0.2, 0.25) is 0 Å². The quantitative estimate of drug-likeness (QED) is 0.929. The van der Waals surface area contributed by atoms with E-state index in [1.165, 1.54) is 0 Å². The van der Waals surface area contributed by atoms with Crippen molar-refractivity contribution in [2.75, 3.05) is 11.8 Å². The van der Waals surface area contributed by atoms with Crippen molar-refractivity contribution in [3.05, 3.63) is 47.8 Å². The second-order valence-electron chi connectivity index (χ2n) is 6.40. The molecule has 124 valence electrons. The van der Waals surface area contributed by atoms with Gasteiger partial charge in [0.15, 0.2) is 0 Å². The minimum Gasteiger partial charge on any atom is -0.496 e. The number of sulfonamides is 1. The van der Waals surface area contributed by atoms with E-state index in [9.17, 15) is 8.42 Å². The van der Waals surface area contributed by atoms with E-state index in [0.29, 0.717) is 11.4 Å². The van der Waals surface area contributed by atoms with E-state index in [2.05, 4.69) is 9.71 Å². The van der Waals surface area contributed by atoms with Gasteiger partial charge >= 0.3 is 0 Å². The summed E-state index contributed by atoms with van der Waals surface area (Å²) in [5.74, 6) is 0.677. The van der Waals surface area contributed by atoms with Crippen LogP contribution in [0.2, 0.25) is 0 Å². The molecule has 0 saturated carbocycles. The molecule has 0 fully saturated rings. The number of nitrogens with one attached hydrogen (secondary N) is 1. The number of aromatic nitrogens is 1. The Morgan fingerprint density at radius 1 is 1.13 bits per heavy atom. The van der Waals surface area contributed by atoms with Crippen molar-refractivity contribution in [3.63, 3.8) is 0 Å². The van der Waals surface area contributed by atoms with Gasteiger partial charge in [-0.05, 0) is 42.7 Å². The van der Waals surface area contributed by atoms with Crippen LogP contribution >= 0.6 is 0 Å². The van der Waals surface area contributed by atoms with E-state index in [-0.39, 0.29) is 10.3 Å². The fourth-order valence-electron chi connectivity index (χ4n) is 2.26. The van der Waals surface area contributed by atoms with Crippen LogP contribution in [0.1, 0.15) is 32.0 Å². The topological polar surface area (TPSA) is 68.3 Å². The third kappa shape index (κ3) is 4.01. The van der Waals surface area contributed by atoms with Crippen molar-refractivity contribution in [1.82, 2.24) is 4.98 Å². The average Bonchev–Trinajstić information content (AvgIpc) is 2.45. The molecule has 0 aliphatic carbocycles. The fourth-order valence-corrected chi connectivity index (χ4v) is 3.34. The highest BCUT2D eigenvalue weighted by Gasteiger charge is 2.23. The smallest absolute Gasteiger partial charge is 0.261 e. The Kier molecular flexibility index (Phi) is 4.66. The molecular formula is C17H22N2O3S. The molecule has 0 bridgehead atoms. The molecule has 2 aromatic rings. The molecule has 2 rings (SSSR count). The van der Waals surface area contributed by atoms with Gasteiger partial charge in [-0.15, -0.1) is 0 Å². The number of anilines is 1. The lowest BCUT2D eigenvalue weighted by Crippen LogP contribution is -2.17. The number of ether oxygens (including phenoxy) is 1. The van der Waals surface area contributed by atoms with Gasteiger partial charge in [-0.1, -0.05) is 20.8 Å². The first-order valence-electron chi connectivity index (χ1n) is 7.27. The molecule has 1 aromatic carbocycles.